The highest BCUT2D eigenvalue weighted by Crippen LogP contribution is 2.21. The zero-order valence-electron chi connectivity index (χ0n) is 14.1. The molecule has 2 N–H and O–H groups in total. The minimum absolute atomic E-state index is 0.193. The Morgan fingerprint density at radius 1 is 0.963 bits per heavy atom. The van der Waals surface area contributed by atoms with Crippen LogP contribution in [0.3, 0.4) is 0 Å². The van der Waals surface area contributed by atoms with E-state index in [1.165, 1.54) is 22.3 Å². The van der Waals surface area contributed by atoms with Gasteiger partial charge in [-0.05, 0) is 12.1 Å². The lowest BCUT2D eigenvalue weighted by Gasteiger charge is -1.99. The molecule has 2 aromatic carbocycles. The molecule has 3 aromatic heterocycles. The topological polar surface area (TPSA) is 91.7 Å². The molecule has 0 aliphatic heterocycles. The summed E-state index contributed by atoms with van der Waals surface area (Å²) < 4.78 is 1.35. The van der Waals surface area contributed by atoms with Gasteiger partial charge in [-0.1, -0.05) is 54.2 Å². The Bertz CT molecular complexity index is 1270. The van der Waals surface area contributed by atoms with Gasteiger partial charge in [0.25, 0.3) is 11.3 Å². The fourth-order valence-corrected chi connectivity index (χ4v) is 3.61. The van der Waals surface area contributed by atoms with Crippen molar-refractivity contribution in [2.24, 2.45) is 0 Å². The van der Waals surface area contributed by atoms with Crippen molar-refractivity contribution in [1.29, 1.82) is 0 Å². The number of hydrogen-bond donors (Lipinski definition) is 2. The molecule has 5 aromatic rings. The molecule has 0 saturated carbocycles. The Morgan fingerprint density at radius 3 is 2.63 bits per heavy atom. The molecule has 0 radical (unpaired) electrons. The Labute approximate surface area is 157 Å². The molecule has 7 nitrogen and oxygen atoms in total. The fraction of sp³-hybridized carbons (Fsp3) is 0.0526. The molecule has 5 rings (SSSR count). The molecule has 0 saturated heterocycles. The normalized spacial score (nSPS) is 11.4. The molecule has 8 heteroatoms. The molecule has 0 spiro atoms. The lowest BCUT2D eigenvalue weighted by Crippen LogP contribution is -2.14. The van der Waals surface area contributed by atoms with E-state index in [0.717, 1.165) is 22.4 Å². The average Bonchev–Trinajstić information content (AvgIpc) is 3.30. The maximum Gasteiger partial charge on any atom is 0.274 e. The number of H-pyrrole nitrogens is 2. The molecular weight excluding hydrogens is 360 g/mol. The molecule has 27 heavy (non-hydrogen) atoms. The van der Waals surface area contributed by atoms with Gasteiger partial charge in [0, 0.05) is 11.6 Å². The number of aromatic amines is 2. The lowest BCUT2D eigenvalue weighted by atomic mass is 10.1. The highest BCUT2D eigenvalue weighted by molar-refractivity contribution is 7.98. The van der Waals surface area contributed by atoms with Gasteiger partial charge in [0.1, 0.15) is 5.82 Å². The van der Waals surface area contributed by atoms with Crippen LogP contribution in [0.25, 0.3) is 28.1 Å². The summed E-state index contributed by atoms with van der Waals surface area (Å²) in [6, 6.07) is 19.0. The van der Waals surface area contributed by atoms with Crippen molar-refractivity contribution in [3.8, 4) is 11.3 Å². The second kappa shape index (κ2) is 6.40. The van der Waals surface area contributed by atoms with Gasteiger partial charge in [-0.2, -0.15) is 9.50 Å². The second-order valence-electron chi connectivity index (χ2n) is 6.00. The third kappa shape index (κ3) is 3.00. The van der Waals surface area contributed by atoms with Crippen molar-refractivity contribution in [3.63, 3.8) is 0 Å². The number of para-hydroxylation sites is 2. The van der Waals surface area contributed by atoms with E-state index in [9.17, 15) is 4.79 Å². The van der Waals surface area contributed by atoms with Crippen LogP contribution in [0.4, 0.5) is 0 Å². The maximum absolute atomic E-state index is 12.4. The predicted molar refractivity (Wildman–Crippen MR) is 105 cm³/mol. The van der Waals surface area contributed by atoms with Crippen LogP contribution in [0, 0.1) is 0 Å². The number of nitrogens with one attached hydrogen (secondary N) is 2. The monoisotopic (exact) mass is 374 g/mol. The van der Waals surface area contributed by atoms with E-state index < -0.39 is 0 Å². The van der Waals surface area contributed by atoms with Crippen LogP contribution in [0.15, 0.2) is 70.6 Å². The first kappa shape index (κ1) is 15.8. The molecule has 132 valence electrons. The van der Waals surface area contributed by atoms with E-state index in [-0.39, 0.29) is 5.56 Å². The van der Waals surface area contributed by atoms with Crippen LogP contribution in [0.1, 0.15) is 5.82 Å². The number of rotatable bonds is 4. The van der Waals surface area contributed by atoms with Crippen molar-refractivity contribution in [2.75, 3.05) is 0 Å². The Kier molecular flexibility index (Phi) is 3.75. The van der Waals surface area contributed by atoms with Crippen molar-refractivity contribution >= 4 is 28.6 Å². The molecular formula is C19H14N6OS. The van der Waals surface area contributed by atoms with Crippen LogP contribution in [-0.2, 0) is 5.75 Å². The number of benzene rings is 2. The summed E-state index contributed by atoms with van der Waals surface area (Å²) >= 11 is 1.46. The van der Waals surface area contributed by atoms with Gasteiger partial charge in [-0.3, -0.25) is 9.89 Å². The Balaban J connectivity index is 1.44. The van der Waals surface area contributed by atoms with E-state index in [4.69, 9.17) is 0 Å². The van der Waals surface area contributed by atoms with Gasteiger partial charge in [-0.25, -0.2) is 9.97 Å². The maximum atomic E-state index is 12.4. The molecule has 0 unspecified atom stereocenters. The largest absolute Gasteiger partial charge is 0.341 e. The summed E-state index contributed by atoms with van der Waals surface area (Å²) in [6.07, 6.45) is 0. The first-order chi connectivity index (χ1) is 13.3. The summed E-state index contributed by atoms with van der Waals surface area (Å²) in [5.74, 6) is 1.81. The van der Waals surface area contributed by atoms with Crippen molar-refractivity contribution in [2.45, 2.75) is 10.9 Å². The van der Waals surface area contributed by atoms with E-state index >= 15 is 0 Å². The molecule has 0 aliphatic carbocycles. The predicted octanol–water partition coefficient (Wildman–Crippen LogP) is 3.25. The minimum Gasteiger partial charge on any atom is -0.341 e. The smallest absolute Gasteiger partial charge is 0.274 e. The first-order valence-electron chi connectivity index (χ1n) is 8.38. The summed E-state index contributed by atoms with van der Waals surface area (Å²) in [5.41, 5.74) is 3.24. The van der Waals surface area contributed by atoms with E-state index in [1.54, 1.807) is 0 Å². The quantitative estimate of drug-likeness (QED) is 0.471. The highest BCUT2D eigenvalue weighted by Gasteiger charge is 2.11. The number of hydrogen-bond acceptors (Lipinski definition) is 5. The van der Waals surface area contributed by atoms with Gasteiger partial charge in [0.05, 0.1) is 22.5 Å². The van der Waals surface area contributed by atoms with E-state index in [2.05, 4.69) is 25.0 Å². The van der Waals surface area contributed by atoms with Crippen LogP contribution in [0.2, 0.25) is 0 Å². The van der Waals surface area contributed by atoms with Gasteiger partial charge in [-0.15, -0.1) is 0 Å². The van der Waals surface area contributed by atoms with Gasteiger partial charge in [0.2, 0.25) is 0 Å². The SMILES string of the molecule is O=c1cc(-c2ccccc2)nc2nc(SCc3nc4ccccc4[nH]3)[nH]n12. The summed E-state index contributed by atoms with van der Waals surface area (Å²) in [7, 11) is 0. The number of nitrogens with zero attached hydrogens (tertiary/aromatic N) is 4. The second-order valence-corrected chi connectivity index (χ2v) is 6.96. The third-order valence-corrected chi connectivity index (χ3v) is 5.04. The standard InChI is InChI=1S/C19H14N6OS/c26-17-10-15(12-6-2-1-3-7-12)22-18-23-19(24-25(17)18)27-11-16-20-13-8-4-5-9-14(13)21-16/h1-10H,11H2,(H,20,21)(H,22,23,24). The Hall–Kier alpha value is -3.39. The van der Waals surface area contributed by atoms with Crippen LogP contribution >= 0.6 is 11.8 Å². The minimum atomic E-state index is -0.193. The lowest BCUT2D eigenvalue weighted by molar-refractivity contribution is 0.850. The van der Waals surface area contributed by atoms with Gasteiger partial charge in [0.15, 0.2) is 5.16 Å². The zero-order chi connectivity index (χ0) is 18.2. The average molecular weight is 374 g/mol. The van der Waals surface area contributed by atoms with Gasteiger partial charge >= 0.3 is 0 Å². The first-order valence-corrected chi connectivity index (χ1v) is 9.36. The molecule has 0 bridgehead atoms. The summed E-state index contributed by atoms with van der Waals surface area (Å²) in [6.45, 7) is 0. The van der Waals surface area contributed by atoms with Crippen molar-refractivity contribution < 1.29 is 0 Å². The summed E-state index contributed by atoms with van der Waals surface area (Å²) in [5, 5.41) is 3.61. The highest BCUT2D eigenvalue weighted by atomic mass is 32.2. The Morgan fingerprint density at radius 2 is 1.78 bits per heavy atom. The number of aromatic nitrogens is 6. The molecule has 0 fully saturated rings. The zero-order valence-corrected chi connectivity index (χ0v) is 14.9. The van der Waals surface area contributed by atoms with Crippen molar-refractivity contribution in [1.82, 2.24) is 29.5 Å². The third-order valence-electron chi connectivity index (χ3n) is 4.16. The number of fused-ring (bicyclic) bond motifs is 2. The molecule has 0 atom stereocenters. The number of thioether (sulfide) groups is 1. The van der Waals surface area contributed by atoms with E-state index in [1.807, 2.05) is 54.6 Å². The molecule has 0 amide bonds. The van der Waals surface area contributed by atoms with Crippen LogP contribution in [0.5, 0.6) is 0 Å². The molecule has 3 heterocycles. The molecule has 0 aliphatic rings. The van der Waals surface area contributed by atoms with Crippen molar-refractivity contribution in [3.05, 3.63) is 76.8 Å². The fourth-order valence-electron chi connectivity index (χ4n) is 2.89. The van der Waals surface area contributed by atoms with Crippen LogP contribution < -0.4 is 5.56 Å². The number of imidazole rings is 1. The van der Waals surface area contributed by atoms with E-state index in [0.29, 0.717) is 22.4 Å². The summed E-state index contributed by atoms with van der Waals surface area (Å²) in [4.78, 5) is 29.2. The van der Waals surface area contributed by atoms with Crippen LogP contribution in [-0.4, -0.2) is 29.5 Å². The van der Waals surface area contributed by atoms with Gasteiger partial charge < -0.3 is 4.98 Å².